The topological polar surface area (TPSA) is 84.6 Å². The molecule has 21 heavy (non-hydrogen) atoms. The maximum Gasteiger partial charge on any atom is 0.237 e. The van der Waals surface area contributed by atoms with E-state index >= 15 is 0 Å². The Morgan fingerprint density at radius 1 is 1.43 bits per heavy atom. The summed E-state index contributed by atoms with van der Waals surface area (Å²) >= 11 is 0. The molecule has 118 valence electrons. The molecule has 0 radical (unpaired) electrons. The summed E-state index contributed by atoms with van der Waals surface area (Å²) in [5.74, 6) is 0.353. The second kappa shape index (κ2) is 8.00. The van der Waals surface area contributed by atoms with Gasteiger partial charge in [-0.25, -0.2) is 0 Å². The Kier molecular flexibility index (Phi) is 6.65. The van der Waals surface area contributed by atoms with E-state index in [0.717, 1.165) is 11.3 Å². The van der Waals surface area contributed by atoms with Crippen molar-refractivity contribution in [2.45, 2.75) is 45.2 Å². The molecule has 0 aliphatic heterocycles. The molecular formula is C16H26N2O3. The molecule has 0 spiro atoms. The first-order valence-corrected chi connectivity index (χ1v) is 7.28. The molecule has 1 amide bonds. The molecule has 5 nitrogen and oxygen atoms in total. The largest absolute Gasteiger partial charge is 0.493 e. The number of nitrogens with two attached hydrogens (primary N) is 1. The fourth-order valence-electron chi connectivity index (χ4n) is 2.24. The monoisotopic (exact) mass is 294 g/mol. The van der Waals surface area contributed by atoms with Gasteiger partial charge in [-0.3, -0.25) is 4.79 Å². The van der Waals surface area contributed by atoms with E-state index in [-0.39, 0.29) is 18.6 Å². The van der Waals surface area contributed by atoms with Crippen molar-refractivity contribution in [2.75, 3.05) is 13.2 Å². The summed E-state index contributed by atoms with van der Waals surface area (Å²) < 4.78 is 5.76. The number of hydrogen-bond donors (Lipinski definition) is 3. The first-order chi connectivity index (χ1) is 9.89. The molecule has 0 heterocycles. The van der Waals surface area contributed by atoms with E-state index < -0.39 is 5.54 Å². The summed E-state index contributed by atoms with van der Waals surface area (Å²) in [6.07, 6.45) is 1.03. The lowest BCUT2D eigenvalue weighted by Gasteiger charge is -2.29. The second-order valence-electron chi connectivity index (χ2n) is 5.68. The number of amides is 1. The minimum Gasteiger partial charge on any atom is -0.493 e. The number of para-hydroxylation sites is 1. The smallest absolute Gasteiger partial charge is 0.237 e. The van der Waals surface area contributed by atoms with Crippen LogP contribution in [0.2, 0.25) is 0 Å². The maximum atomic E-state index is 11.6. The highest BCUT2D eigenvalue weighted by Crippen LogP contribution is 2.20. The fourth-order valence-corrected chi connectivity index (χ4v) is 2.24. The highest BCUT2D eigenvalue weighted by Gasteiger charge is 2.31. The van der Waals surface area contributed by atoms with E-state index in [1.165, 1.54) is 0 Å². The van der Waals surface area contributed by atoms with E-state index in [0.29, 0.717) is 19.4 Å². The van der Waals surface area contributed by atoms with E-state index in [1.807, 2.05) is 38.1 Å². The van der Waals surface area contributed by atoms with Crippen LogP contribution in [0.3, 0.4) is 0 Å². The first kappa shape index (κ1) is 17.5. The molecule has 4 N–H and O–H groups in total. The Balaban J connectivity index is 2.64. The van der Waals surface area contributed by atoms with E-state index in [4.69, 9.17) is 15.6 Å². The molecule has 0 aliphatic carbocycles. The normalized spacial score (nSPS) is 14.0. The molecule has 5 heteroatoms. The van der Waals surface area contributed by atoms with Gasteiger partial charge in [-0.2, -0.15) is 0 Å². The fraction of sp³-hybridized carbons (Fsp3) is 0.562. The van der Waals surface area contributed by atoms with Gasteiger partial charge < -0.3 is 20.9 Å². The Hall–Kier alpha value is -1.59. The van der Waals surface area contributed by atoms with Crippen LogP contribution in [0.1, 0.15) is 32.8 Å². The van der Waals surface area contributed by atoms with E-state index in [1.54, 1.807) is 6.92 Å². The van der Waals surface area contributed by atoms with Crippen molar-refractivity contribution in [1.82, 2.24) is 5.32 Å². The van der Waals surface area contributed by atoms with Crippen molar-refractivity contribution in [3.8, 4) is 5.75 Å². The molecule has 1 atom stereocenters. The minimum atomic E-state index is -0.792. The summed E-state index contributed by atoms with van der Waals surface area (Å²) in [7, 11) is 0. The predicted molar refractivity (Wildman–Crippen MR) is 83.2 cm³/mol. The summed E-state index contributed by atoms with van der Waals surface area (Å²) in [6, 6.07) is 7.74. The van der Waals surface area contributed by atoms with Crippen LogP contribution in [0.25, 0.3) is 0 Å². The standard InChI is InChI=1S/C16H26N2O3/c1-12(2)18-16(3,15(17)20)9-11-21-14-7-5-4-6-13(14)8-10-19/h4-7,12,18-19H,8-11H2,1-3H3,(H2,17,20). The lowest BCUT2D eigenvalue weighted by Crippen LogP contribution is -2.56. The lowest BCUT2D eigenvalue weighted by atomic mass is 9.96. The van der Waals surface area contributed by atoms with Crippen molar-refractivity contribution in [3.63, 3.8) is 0 Å². The van der Waals surface area contributed by atoms with Gasteiger partial charge in [0.05, 0.1) is 12.1 Å². The number of primary amides is 1. The summed E-state index contributed by atoms with van der Waals surface area (Å²) in [6.45, 7) is 6.19. The van der Waals surface area contributed by atoms with Gasteiger partial charge in [0.2, 0.25) is 5.91 Å². The number of carbonyl (C=O) groups excluding carboxylic acids is 1. The highest BCUT2D eigenvalue weighted by atomic mass is 16.5. The number of nitrogens with one attached hydrogen (secondary N) is 1. The quantitative estimate of drug-likeness (QED) is 0.639. The maximum absolute atomic E-state index is 11.6. The predicted octanol–water partition coefficient (Wildman–Crippen LogP) is 1.23. The van der Waals surface area contributed by atoms with Crippen molar-refractivity contribution < 1.29 is 14.6 Å². The number of aliphatic hydroxyl groups excluding tert-OH is 1. The van der Waals surface area contributed by atoms with Gasteiger partial charge in [-0.15, -0.1) is 0 Å². The molecule has 1 unspecified atom stereocenters. The zero-order chi connectivity index (χ0) is 15.9. The summed E-state index contributed by atoms with van der Waals surface area (Å²) in [5, 5.41) is 12.2. The average molecular weight is 294 g/mol. The van der Waals surface area contributed by atoms with Gasteiger partial charge in [-0.05, 0) is 38.8 Å². The van der Waals surface area contributed by atoms with Crippen LogP contribution < -0.4 is 15.8 Å². The SMILES string of the molecule is CC(C)NC(C)(CCOc1ccccc1CCO)C(N)=O. The van der Waals surface area contributed by atoms with Crippen LogP contribution in [0.15, 0.2) is 24.3 Å². The van der Waals surface area contributed by atoms with Crippen LogP contribution in [0.5, 0.6) is 5.75 Å². The molecule has 0 aromatic heterocycles. The minimum absolute atomic E-state index is 0.0777. The van der Waals surface area contributed by atoms with Crippen LogP contribution >= 0.6 is 0 Å². The molecule has 0 saturated heterocycles. The van der Waals surface area contributed by atoms with Crippen LogP contribution in [-0.2, 0) is 11.2 Å². The molecule has 0 bridgehead atoms. The number of rotatable bonds is 9. The van der Waals surface area contributed by atoms with Crippen LogP contribution in [0.4, 0.5) is 0 Å². The van der Waals surface area contributed by atoms with Gasteiger partial charge in [0, 0.05) is 19.1 Å². The summed E-state index contributed by atoms with van der Waals surface area (Å²) in [5.41, 5.74) is 5.65. The lowest BCUT2D eigenvalue weighted by molar-refractivity contribution is -0.124. The molecule has 0 saturated carbocycles. The second-order valence-corrected chi connectivity index (χ2v) is 5.68. The number of benzene rings is 1. The Morgan fingerprint density at radius 3 is 2.67 bits per heavy atom. The molecule has 1 aromatic rings. The molecular weight excluding hydrogens is 268 g/mol. The van der Waals surface area contributed by atoms with E-state index in [9.17, 15) is 4.79 Å². The van der Waals surface area contributed by atoms with Crippen molar-refractivity contribution in [2.24, 2.45) is 5.73 Å². The van der Waals surface area contributed by atoms with Gasteiger partial charge in [0.1, 0.15) is 5.75 Å². The Bertz CT molecular complexity index is 463. The molecule has 1 rings (SSSR count). The van der Waals surface area contributed by atoms with Crippen molar-refractivity contribution in [3.05, 3.63) is 29.8 Å². The number of hydrogen-bond acceptors (Lipinski definition) is 4. The van der Waals surface area contributed by atoms with Crippen LogP contribution in [-0.4, -0.2) is 35.8 Å². The van der Waals surface area contributed by atoms with E-state index in [2.05, 4.69) is 5.32 Å². The van der Waals surface area contributed by atoms with Gasteiger partial charge in [0.15, 0.2) is 0 Å². The number of carbonyl (C=O) groups is 1. The van der Waals surface area contributed by atoms with Gasteiger partial charge >= 0.3 is 0 Å². The third-order valence-corrected chi connectivity index (χ3v) is 3.36. The third-order valence-electron chi connectivity index (χ3n) is 3.36. The first-order valence-electron chi connectivity index (χ1n) is 7.28. The van der Waals surface area contributed by atoms with Crippen LogP contribution in [0, 0.1) is 0 Å². The van der Waals surface area contributed by atoms with Crippen molar-refractivity contribution in [1.29, 1.82) is 0 Å². The molecule has 0 fully saturated rings. The zero-order valence-electron chi connectivity index (χ0n) is 13.1. The zero-order valence-corrected chi connectivity index (χ0v) is 13.1. The molecule has 0 aliphatic rings. The number of aliphatic hydroxyl groups is 1. The highest BCUT2D eigenvalue weighted by molar-refractivity contribution is 5.84. The summed E-state index contributed by atoms with van der Waals surface area (Å²) in [4.78, 5) is 11.6. The average Bonchev–Trinajstić information content (AvgIpc) is 2.40. The third kappa shape index (κ3) is 5.36. The number of ether oxygens (including phenoxy) is 1. The van der Waals surface area contributed by atoms with Gasteiger partial charge in [0.25, 0.3) is 0 Å². The molecule has 1 aromatic carbocycles. The van der Waals surface area contributed by atoms with Gasteiger partial charge in [-0.1, -0.05) is 18.2 Å². The Labute approximate surface area is 126 Å². The Morgan fingerprint density at radius 2 is 2.10 bits per heavy atom. The van der Waals surface area contributed by atoms with Crippen molar-refractivity contribution >= 4 is 5.91 Å².